The summed E-state index contributed by atoms with van der Waals surface area (Å²) >= 11 is 1.64. The summed E-state index contributed by atoms with van der Waals surface area (Å²) in [5.74, 6) is 0. The lowest BCUT2D eigenvalue weighted by Gasteiger charge is -1.76. The summed E-state index contributed by atoms with van der Waals surface area (Å²) in [6.07, 6.45) is 2.09. The fourth-order valence-corrected chi connectivity index (χ4v) is 0.722. The van der Waals surface area contributed by atoms with E-state index in [1.54, 1.807) is 11.9 Å². The summed E-state index contributed by atoms with van der Waals surface area (Å²) in [5.41, 5.74) is 0. The Hall–Kier alpha value is 0.0500. The smallest absolute Gasteiger partial charge is 0.0251 e. The van der Waals surface area contributed by atoms with Gasteiger partial charge in [0.1, 0.15) is 0 Å². The van der Waals surface area contributed by atoms with Crippen LogP contribution in [0, 0.1) is 0 Å². The predicted octanol–water partition coefficient (Wildman–Crippen LogP) is 0.751. The van der Waals surface area contributed by atoms with Crippen molar-refractivity contribution in [3.05, 3.63) is 11.5 Å². The van der Waals surface area contributed by atoms with E-state index in [4.69, 9.17) is 0 Å². The molecule has 0 atom stereocenters. The standard InChI is InChI=1S/C3H5NS/c1-2-4-5-3-1/h1,3-4H,2H2. The van der Waals surface area contributed by atoms with E-state index in [1.165, 1.54) is 0 Å². The van der Waals surface area contributed by atoms with Gasteiger partial charge < -0.3 is 0 Å². The van der Waals surface area contributed by atoms with Crippen molar-refractivity contribution < 1.29 is 0 Å². The van der Waals surface area contributed by atoms with Gasteiger partial charge in [0.25, 0.3) is 0 Å². The number of nitrogens with one attached hydrogen (secondary N) is 1. The van der Waals surface area contributed by atoms with Gasteiger partial charge in [-0.25, -0.2) is 0 Å². The van der Waals surface area contributed by atoms with E-state index in [-0.39, 0.29) is 0 Å². The molecular formula is C3H5NS. The number of hydrogen-bond acceptors (Lipinski definition) is 2. The average Bonchev–Trinajstić information content (AvgIpc) is 1.76. The molecule has 1 aliphatic rings. The van der Waals surface area contributed by atoms with Crippen LogP contribution < -0.4 is 4.72 Å². The van der Waals surface area contributed by atoms with Crippen molar-refractivity contribution in [3.63, 3.8) is 0 Å². The maximum Gasteiger partial charge on any atom is 0.0251 e. The zero-order chi connectivity index (χ0) is 3.54. The van der Waals surface area contributed by atoms with Crippen molar-refractivity contribution in [2.24, 2.45) is 0 Å². The van der Waals surface area contributed by atoms with Crippen LogP contribution in [0.4, 0.5) is 0 Å². The van der Waals surface area contributed by atoms with E-state index in [0.717, 1.165) is 6.54 Å². The Morgan fingerprint density at radius 1 is 1.80 bits per heavy atom. The molecule has 28 valence electrons. The fourth-order valence-electron chi connectivity index (χ4n) is 0.241. The maximum atomic E-state index is 3.03. The van der Waals surface area contributed by atoms with Crippen LogP contribution in [-0.2, 0) is 0 Å². The van der Waals surface area contributed by atoms with E-state index >= 15 is 0 Å². The molecule has 0 bridgehead atoms. The molecule has 1 heterocycles. The Morgan fingerprint density at radius 3 is 3.00 bits per heavy atom. The summed E-state index contributed by atoms with van der Waals surface area (Å²) in [4.78, 5) is 0. The van der Waals surface area contributed by atoms with E-state index in [2.05, 4.69) is 10.8 Å². The summed E-state index contributed by atoms with van der Waals surface area (Å²) in [6.45, 7) is 1.03. The molecule has 2 heteroatoms. The maximum absolute atomic E-state index is 3.03. The largest absolute Gasteiger partial charge is 0.257 e. The van der Waals surface area contributed by atoms with E-state index in [0.29, 0.717) is 0 Å². The van der Waals surface area contributed by atoms with E-state index in [9.17, 15) is 0 Å². The van der Waals surface area contributed by atoms with Crippen LogP contribution in [0.2, 0.25) is 0 Å². The van der Waals surface area contributed by atoms with Crippen LogP contribution >= 0.6 is 11.9 Å². The Kier molecular flexibility index (Phi) is 0.960. The molecule has 1 aliphatic heterocycles. The van der Waals surface area contributed by atoms with Gasteiger partial charge >= 0.3 is 0 Å². The molecule has 0 saturated carbocycles. The quantitative estimate of drug-likeness (QED) is 0.437. The van der Waals surface area contributed by atoms with Crippen molar-refractivity contribution in [3.8, 4) is 0 Å². The summed E-state index contributed by atoms with van der Waals surface area (Å²) in [6, 6.07) is 0. The van der Waals surface area contributed by atoms with Crippen molar-refractivity contribution in [1.29, 1.82) is 0 Å². The molecule has 0 spiro atoms. The van der Waals surface area contributed by atoms with Crippen molar-refractivity contribution >= 4 is 11.9 Å². The SMILES string of the molecule is C1=CSNC1. The highest BCUT2D eigenvalue weighted by Crippen LogP contribution is 1.99. The zero-order valence-corrected chi connectivity index (χ0v) is 3.59. The van der Waals surface area contributed by atoms with Gasteiger partial charge in [0.15, 0.2) is 0 Å². The van der Waals surface area contributed by atoms with Gasteiger partial charge in [0.2, 0.25) is 0 Å². The van der Waals surface area contributed by atoms with Crippen LogP contribution in [-0.4, -0.2) is 6.54 Å². The van der Waals surface area contributed by atoms with Crippen LogP contribution in [0.15, 0.2) is 11.5 Å². The molecule has 1 nitrogen and oxygen atoms in total. The van der Waals surface area contributed by atoms with Gasteiger partial charge in [-0.1, -0.05) is 18.0 Å². The molecule has 0 aliphatic carbocycles. The van der Waals surface area contributed by atoms with Gasteiger partial charge in [-0.15, -0.1) is 0 Å². The lowest BCUT2D eigenvalue weighted by Crippen LogP contribution is -1.92. The fraction of sp³-hybridized carbons (Fsp3) is 0.333. The molecule has 0 saturated heterocycles. The zero-order valence-electron chi connectivity index (χ0n) is 2.77. The third-order valence-electron chi connectivity index (χ3n) is 0.449. The van der Waals surface area contributed by atoms with Crippen molar-refractivity contribution in [2.75, 3.05) is 6.54 Å². The third-order valence-corrected chi connectivity index (χ3v) is 1.11. The topological polar surface area (TPSA) is 12.0 Å². The van der Waals surface area contributed by atoms with Crippen LogP contribution in [0.1, 0.15) is 0 Å². The molecule has 0 aromatic heterocycles. The molecular weight excluding hydrogens is 82.1 g/mol. The predicted molar refractivity (Wildman–Crippen MR) is 24.7 cm³/mol. The monoisotopic (exact) mass is 87.0 g/mol. The lowest BCUT2D eigenvalue weighted by molar-refractivity contribution is 1.16. The van der Waals surface area contributed by atoms with Crippen LogP contribution in [0.3, 0.4) is 0 Å². The molecule has 1 rings (SSSR count). The van der Waals surface area contributed by atoms with Gasteiger partial charge in [0.05, 0.1) is 0 Å². The Balaban J connectivity index is 2.32. The second kappa shape index (κ2) is 1.48. The first-order chi connectivity index (χ1) is 2.50. The highest BCUT2D eigenvalue weighted by Gasteiger charge is 1.82. The summed E-state index contributed by atoms with van der Waals surface area (Å²) in [7, 11) is 0. The minimum atomic E-state index is 1.03. The van der Waals surface area contributed by atoms with Gasteiger partial charge in [0, 0.05) is 6.54 Å². The molecule has 1 N–H and O–H groups in total. The normalized spacial score (nSPS) is 20.8. The number of hydrogen-bond donors (Lipinski definition) is 1. The van der Waals surface area contributed by atoms with Crippen molar-refractivity contribution in [2.45, 2.75) is 0 Å². The first-order valence-electron chi connectivity index (χ1n) is 1.53. The average molecular weight is 87.1 g/mol. The second-order valence-electron chi connectivity index (χ2n) is 0.838. The highest BCUT2D eigenvalue weighted by molar-refractivity contribution is 8.00. The number of rotatable bonds is 0. The van der Waals surface area contributed by atoms with E-state index in [1.807, 2.05) is 5.41 Å². The Labute approximate surface area is 35.6 Å². The van der Waals surface area contributed by atoms with Gasteiger partial charge in [-0.05, 0) is 5.41 Å². The molecule has 0 amide bonds. The summed E-state index contributed by atoms with van der Waals surface area (Å²) in [5, 5.41) is 2.04. The third kappa shape index (κ3) is 0.667. The minimum Gasteiger partial charge on any atom is -0.257 e. The van der Waals surface area contributed by atoms with Crippen LogP contribution in [0.25, 0.3) is 0 Å². The lowest BCUT2D eigenvalue weighted by atomic mass is 10.7. The van der Waals surface area contributed by atoms with Crippen molar-refractivity contribution in [1.82, 2.24) is 4.72 Å². The molecule has 0 unspecified atom stereocenters. The minimum absolute atomic E-state index is 1.03. The first-order valence-corrected chi connectivity index (χ1v) is 2.41. The Morgan fingerprint density at radius 2 is 2.80 bits per heavy atom. The molecule has 0 aromatic carbocycles. The Bertz CT molecular complexity index is 44.9. The molecule has 0 radical (unpaired) electrons. The first kappa shape index (κ1) is 3.25. The van der Waals surface area contributed by atoms with E-state index < -0.39 is 0 Å². The molecule has 5 heavy (non-hydrogen) atoms. The second-order valence-corrected chi connectivity index (χ2v) is 1.63. The summed E-state index contributed by atoms with van der Waals surface area (Å²) < 4.78 is 3.03. The van der Waals surface area contributed by atoms with Crippen LogP contribution in [0.5, 0.6) is 0 Å². The molecule has 0 fully saturated rings. The van der Waals surface area contributed by atoms with Gasteiger partial charge in [-0.3, -0.25) is 4.72 Å². The molecule has 0 aromatic rings. The highest BCUT2D eigenvalue weighted by atomic mass is 32.2. The van der Waals surface area contributed by atoms with Gasteiger partial charge in [-0.2, -0.15) is 0 Å².